The quantitative estimate of drug-likeness (QED) is 0.869. The molecular weight excluding hydrogens is 238 g/mol. The van der Waals surface area contributed by atoms with Crippen molar-refractivity contribution < 1.29 is 10.2 Å². The molecule has 0 aliphatic carbocycles. The van der Waals surface area contributed by atoms with Gasteiger partial charge in [0, 0.05) is 17.3 Å². The molecule has 1 aromatic carbocycles. The molecule has 0 saturated carbocycles. The van der Waals surface area contributed by atoms with Gasteiger partial charge >= 0.3 is 0 Å². The van der Waals surface area contributed by atoms with E-state index in [9.17, 15) is 5.11 Å². The number of aliphatic hydroxyl groups is 2. The molecule has 4 heteroatoms. The van der Waals surface area contributed by atoms with E-state index in [0.29, 0.717) is 10.9 Å². The molecule has 0 amide bonds. The van der Waals surface area contributed by atoms with Gasteiger partial charge in [0.1, 0.15) is 0 Å². The molecule has 0 aromatic heterocycles. The fourth-order valence-corrected chi connectivity index (χ4v) is 2.68. The average molecular weight is 256 g/mol. The van der Waals surface area contributed by atoms with E-state index in [2.05, 4.69) is 11.8 Å². The summed E-state index contributed by atoms with van der Waals surface area (Å²) in [6.45, 7) is 3.23. The summed E-state index contributed by atoms with van der Waals surface area (Å²) in [7, 11) is 0. The van der Waals surface area contributed by atoms with Crippen LogP contribution in [0.4, 0.5) is 5.69 Å². The van der Waals surface area contributed by atoms with E-state index in [1.807, 2.05) is 18.2 Å². The SMILES string of the molecule is CC1CCN(c2ccc(CO)c(Cl)c2)C1CO. The average Bonchev–Trinajstić information content (AvgIpc) is 2.70. The summed E-state index contributed by atoms with van der Waals surface area (Å²) in [5.41, 5.74) is 1.76. The molecule has 2 N–H and O–H groups in total. The Morgan fingerprint density at radius 1 is 1.41 bits per heavy atom. The first kappa shape index (κ1) is 12.7. The first-order chi connectivity index (χ1) is 8.17. The van der Waals surface area contributed by atoms with Gasteiger partial charge in [-0.05, 0) is 30.0 Å². The minimum atomic E-state index is -0.0427. The normalized spacial score (nSPS) is 24.4. The van der Waals surface area contributed by atoms with Gasteiger partial charge in [-0.25, -0.2) is 0 Å². The molecule has 1 aliphatic rings. The van der Waals surface area contributed by atoms with Gasteiger partial charge in [-0.15, -0.1) is 0 Å². The summed E-state index contributed by atoms with van der Waals surface area (Å²) in [6.07, 6.45) is 1.09. The molecule has 2 rings (SSSR count). The van der Waals surface area contributed by atoms with Crippen molar-refractivity contribution in [2.45, 2.75) is 26.0 Å². The zero-order valence-electron chi connectivity index (χ0n) is 9.93. The van der Waals surface area contributed by atoms with Gasteiger partial charge in [0.25, 0.3) is 0 Å². The molecule has 94 valence electrons. The van der Waals surface area contributed by atoms with Crippen molar-refractivity contribution in [1.82, 2.24) is 0 Å². The molecule has 2 unspecified atom stereocenters. The van der Waals surface area contributed by atoms with Crippen LogP contribution in [-0.2, 0) is 6.61 Å². The van der Waals surface area contributed by atoms with Crippen LogP contribution in [0.3, 0.4) is 0 Å². The predicted octanol–water partition coefficient (Wildman–Crippen LogP) is 2.04. The Hall–Kier alpha value is -0.770. The van der Waals surface area contributed by atoms with Crippen LogP contribution in [0.1, 0.15) is 18.9 Å². The van der Waals surface area contributed by atoms with Crippen LogP contribution in [0.25, 0.3) is 0 Å². The standard InChI is InChI=1S/C13H18ClNO2/c1-9-4-5-15(13(9)8-17)11-3-2-10(7-16)12(14)6-11/h2-3,6,9,13,16-17H,4-5,7-8H2,1H3. The van der Waals surface area contributed by atoms with Crippen molar-refractivity contribution in [2.24, 2.45) is 5.92 Å². The highest BCUT2D eigenvalue weighted by Crippen LogP contribution is 2.32. The van der Waals surface area contributed by atoms with Crippen LogP contribution in [0.5, 0.6) is 0 Å². The third-order valence-corrected chi connectivity index (χ3v) is 3.96. The highest BCUT2D eigenvalue weighted by Gasteiger charge is 2.30. The monoisotopic (exact) mass is 255 g/mol. The van der Waals surface area contributed by atoms with E-state index in [1.54, 1.807) is 0 Å². The second kappa shape index (κ2) is 5.25. The lowest BCUT2D eigenvalue weighted by atomic mass is 10.0. The maximum absolute atomic E-state index is 9.42. The van der Waals surface area contributed by atoms with E-state index in [0.717, 1.165) is 24.2 Å². The van der Waals surface area contributed by atoms with Crippen LogP contribution < -0.4 is 4.90 Å². The van der Waals surface area contributed by atoms with Crippen LogP contribution >= 0.6 is 11.6 Å². The van der Waals surface area contributed by atoms with E-state index >= 15 is 0 Å². The lowest BCUT2D eigenvalue weighted by molar-refractivity contribution is 0.244. The molecule has 1 heterocycles. The van der Waals surface area contributed by atoms with Crippen molar-refractivity contribution in [3.05, 3.63) is 28.8 Å². The van der Waals surface area contributed by atoms with Crippen molar-refractivity contribution in [3.8, 4) is 0 Å². The first-order valence-corrected chi connectivity index (χ1v) is 6.32. The summed E-state index contributed by atoms with van der Waals surface area (Å²) >= 11 is 6.09. The van der Waals surface area contributed by atoms with Crippen molar-refractivity contribution in [3.63, 3.8) is 0 Å². The van der Waals surface area contributed by atoms with Crippen molar-refractivity contribution in [2.75, 3.05) is 18.1 Å². The molecule has 1 fully saturated rings. The topological polar surface area (TPSA) is 43.7 Å². The number of nitrogens with zero attached hydrogens (tertiary/aromatic N) is 1. The molecule has 17 heavy (non-hydrogen) atoms. The van der Waals surface area contributed by atoms with Crippen LogP contribution in [0.2, 0.25) is 5.02 Å². The van der Waals surface area contributed by atoms with Gasteiger partial charge < -0.3 is 15.1 Å². The highest BCUT2D eigenvalue weighted by molar-refractivity contribution is 6.31. The molecule has 2 atom stereocenters. The summed E-state index contributed by atoms with van der Waals surface area (Å²) in [4.78, 5) is 2.19. The number of hydrogen-bond donors (Lipinski definition) is 2. The summed E-state index contributed by atoms with van der Waals surface area (Å²) in [5, 5.41) is 19.1. The molecule has 1 saturated heterocycles. The fraction of sp³-hybridized carbons (Fsp3) is 0.538. The lowest BCUT2D eigenvalue weighted by Gasteiger charge is -2.27. The minimum Gasteiger partial charge on any atom is -0.394 e. The number of aliphatic hydroxyl groups excluding tert-OH is 2. The Morgan fingerprint density at radius 2 is 2.18 bits per heavy atom. The summed E-state index contributed by atoms with van der Waals surface area (Å²) in [5.74, 6) is 0.497. The minimum absolute atomic E-state index is 0.0427. The Kier molecular flexibility index (Phi) is 3.92. The summed E-state index contributed by atoms with van der Waals surface area (Å²) in [6, 6.07) is 5.84. The van der Waals surface area contributed by atoms with Crippen LogP contribution in [0.15, 0.2) is 18.2 Å². The third-order valence-electron chi connectivity index (χ3n) is 3.61. The Bertz CT molecular complexity index is 397. The largest absolute Gasteiger partial charge is 0.394 e. The number of benzene rings is 1. The van der Waals surface area contributed by atoms with Gasteiger partial charge in [-0.2, -0.15) is 0 Å². The molecule has 1 aliphatic heterocycles. The van der Waals surface area contributed by atoms with E-state index in [4.69, 9.17) is 16.7 Å². The Morgan fingerprint density at radius 3 is 2.76 bits per heavy atom. The van der Waals surface area contributed by atoms with Crippen molar-refractivity contribution >= 4 is 17.3 Å². The maximum atomic E-state index is 9.42. The smallest absolute Gasteiger partial charge is 0.0696 e. The number of rotatable bonds is 3. The van der Waals surface area contributed by atoms with E-state index < -0.39 is 0 Å². The summed E-state index contributed by atoms with van der Waals surface area (Å²) < 4.78 is 0. The van der Waals surface area contributed by atoms with Gasteiger partial charge in [0.15, 0.2) is 0 Å². The zero-order valence-corrected chi connectivity index (χ0v) is 10.7. The van der Waals surface area contributed by atoms with Crippen LogP contribution in [0, 0.1) is 5.92 Å². The molecule has 3 nitrogen and oxygen atoms in total. The maximum Gasteiger partial charge on any atom is 0.0696 e. The van der Waals surface area contributed by atoms with Gasteiger partial charge in [-0.1, -0.05) is 24.6 Å². The van der Waals surface area contributed by atoms with Gasteiger partial charge in [0.05, 0.1) is 19.3 Å². The fourth-order valence-electron chi connectivity index (χ4n) is 2.45. The lowest BCUT2D eigenvalue weighted by Crippen LogP contribution is -2.35. The second-order valence-electron chi connectivity index (χ2n) is 4.64. The number of halogens is 1. The van der Waals surface area contributed by atoms with Crippen molar-refractivity contribution in [1.29, 1.82) is 0 Å². The molecular formula is C13H18ClNO2. The third kappa shape index (κ3) is 2.41. The van der Waals surface area contributed by atoms with Gasteiger partial charge in [-0.3, -0.25) is 0 Å². The molecule has 0 spiro atoms. The van der Waals surface area contributed by atoms with Gasteiger partial charge in [0.2, 0.25) is 0 Å². The zero-order chi connectivity index (χ0) is 12.4. The predicted molar refractivity (Wildman–Crippen MR) is 69.4 cm³/mol. The second-order valence-corrected chi connectivity index (χ2v) is 5.05. The van der Waals surface area contributed by atoms with E-state index in [-0.39, 0.29) is 19.3 Å². The molecule has 1 aromatic rings. The Balaban J connectivity index is 2.25. The highest BCUT2D eigenvalue weighted by atomic mass is 35.5. The molecule has 0 radical (unpaired) electrons. The van der Waals surface area contributed by atoms with E-state index in [1.165, 1.54) is 0 Å². The first-order valence-electron chi connectivity index (χ1n) is 5.94. The van der Waals surface area contributed by atoms with Crippen LogP contribution in [-0.4, -0.2) is 29.4 Å². The number of hydrogen-bond acceptors (Lipinski definition) is 3. The number of anilines is 1. The molecule has 0 bridgehead atoms. The Labute approximate surface area is 107 Å².